The van der Waals surface area contributed by atoms with E-state index in [4.69, 9.17) is 4.74 Å². The highest BCUT2D eigenvalue weighted by Crippen LogP contribution is 2.25. The molecule has 1 saturated carbocycles. The van der Waals surface area contributed by atoms with Crippen molar-refractivity contribution in [2.75, 3.05) is 25.1 Å². The molecular formula is C18H27IN4O2. The topological polar surface area (TPSA) is 66.0 Å². The maximum Gasteiger partial charge on any atom is 0.229 e. The number of methoxy groups -OCH3 is 1. The number of hydrogen-bond acceptors (Lipinski definition) is 3. The van der Waals surface area contributed by atoms with Crippen molar-refractivity contribution in [2.24, 2.45) is 4.99 Å². The molecule has 138 valence electrons. The summed E-state index contributed by atoms with van der Waals surface area (Å²) in [5.41, 5.74) is 0.879. The molecule has 1 heterocycles. The fourth-order valence-electron chi connectivity index (χ4n) is 3.06. The first-order chi connectivity index (χ1) is 11.7. The van der Waals surface area contributed by atoms with Crippen molar-refractivity contribution in [2.45, 2.75) is 44.7 Å². The summed E-state index contributed by atoms with van der Waals surface area (Å²) < 4.78 is 5.25. The first-order valence-electron chi connectivity index (χ1n) is 8.71. The first kappa shape index (κ1) is 19.8. The van der Waals surface area contributed by atoms with Crippen LogP contribution in [0.3, 0.4) is 0 Å². The summed E-state index contributed by atoms with van der Waals surface area (Å²) in [6.07, 6.45) is 4.16. The predicted molar refractivity (Wildman–Crippen MR) is 111 cm³/mol. The number of carbonyl (C=O) groups excluding carboxylic acids is 1. The van der Waals surface area contributed by atoms with Gasteiger partial charge < -0.3 is 20.3 Å². The molecule has 1 aliphatic carbocycles. The Morgan fingerprint density at radius 2 is 2.08 bits per heavy atom. The Morgan fingerprint density at radius 3 is 2.72 bits per heavy atom. The van der Waals surface area contributed by atoms with Crippen LogP contribution in [0.25, 0.3) is 0 Å². The zero-order chi connectivity index (χ0) is 16.9. The van der Waals surface area contributed by atoms with E-state index in [0.717, 1.165) is 23.9 Å². The third-order valence-corrected chi connectivity index (χ3v) is 4.59. The molecule has 7 heteroatoms. The van der Waals surface area contributed by atoms with Crippen LogP contribution >= 0.6 is 24.0 Å². The molecule has 0 aromatic heterocycles. The lowest BCUT2D eigenvalue weighted by molar-refractivity contribution is -0.117. The fourth-order valence-corrected chi connectivity index (χ4v) is 3.06. The van der Waals surface area contributed by atoms with Gasteiger partial charge in [-0.2, -0.15) is 0 Å². The number of anilines is 1. The van der Waals surface area contributed by atoms with E-state index >= 15 is 0 Å². The molecule has 3 rings (SSSR count). The maximum absolute atomic E-state index is 12.4. The van der Waals surface area contributed by atoms with Crippen molar-refractivity contribution in [3.05, 3.63) is 24.3 Å². The molecule has 1 atom stereocenters. The minimum absolute atomic E-state index is 0. The fraction of sp³-hybridized carbons (Fsp3) is 0.556. The Hall–Kier alpha value is -1.51. The monoisotopic (exact) mass is 458 g/mol. The molecule has 1 aromatic carbocycles. The number of halogens is 1. The molecule has 6 nitrogen and oxygen atoms in total. The molecule has 1 saturated heterocycles. The van der Waals surface area contributed by atoms with Gasteiger partial charge in [-0.3, -0.25) is 9.79 Å². The average molecular weight is 458 g/mol. The number of ether oxygens (including phenoxy) is 1. The van der Waals surface area contributed by atoms with Crippen LogP contribution in [0.1, 0.15) is 32.6 Å². The SMILES string of the molecule is CCN=C(NC1CCC1)NC1CC(=O)N(c2cccc(OC)c2)C1.I. The molecule has 0 spiro atoms. The Kier molecular flexibility index (Phi) is 7.34. The highest BCUT2D eigenvalue weighted by Gasteiger charge is 2.32. The zero-order valence-corrected chi connectivity index (χ0v) is 17.2. The van der Waals surface area contributed by atoms with Crippen LogP contribution in [0.5, 0.6) is 5.75 Å². The summed E-state index contributed by atoms with van der Waals surface area (Å²) in [6, 6.07) is 8.22. The number of nitrogens with zero attached hydrogens (tertiary/aromatic N) is 2. The summed E-state index contributed by atoms with van der Waals surface area (Å²) >= 11 is 0. The van der Waals surface area contributed by atoms with E-state index in [1.165, 1.54) is 19.3 Å². The first-order valence-corrected chi connectivity index (χ1v) is 8.71. The standard InChI is InChI=1S/C18H26N4O2.HI/c1-3-19-18(20-13-6-4-7-13)21-14-10-17(23)22(12-14)15-8-5-9-16(11-15)24-2;/h5,8-9,11,13-14H,3-4,6-7,10,12H2,1-2H3,(H2,19,20,21);1H. The number of aliphatic imine (C=N–C) groups is 1. The Balaban J connectivity index is 0.00000225. The maximum atomic E-state index is 12.4. The molecule has 1 unspecified atom stereocenters. The molecule has 2 aliphatic rings. The van der Waals surface area contributed by atoms with Gasteiger partial charge in [0.05, 0.1) is 13.2 Å². The van der Waals surface area contributed by atoms with Gasteiger partial charge in [0.15, 0.2) is 5.96 Å². The molecule has 1 aliphatic heterocycles. The summed E-state index contributed by atoms with van der Waals surface area (Å²) in [4.78, 5) is 18.7. The number of guanidine groups is 1. The quantitative estimate of drug-likeness (QED) is 0.405. The van der Waals surface area contributed by atoms with Crippen LogP contribution in [0.4, 0.5) is 5.69 Å². The highest BCUT2D eigenvalue weighted by atomic mass is 127. The van der Waals surface area contributed by atoms with Crippen molar-refractivity contribution in [3.63, 3.8) is 0 Å². The lowest BCUT2D eigenvalue weighted by atomic mass is 9.93. The minimum Gasteiger partial charge on any atom is -0.497 e. The van der Waals surface area contributed by atoms with Crippen LogP contribution in [-0.2, 0) is 4.79 Å². The lowest BCUT2D eigenvalue weighted by Crippen LogP contribution is -2.50. The van der Waals surface area contributed by atoms with Crippen LogP contribution in [0, 0.1) is 0 Å². The van der Waals surface area contributed by atoms with Crippen molar-refractivity contribution >= 4 is 41.5 Å². The predicted octanol–water partition coefficient (Wildman–Crippen LogP) is 2.53. The highest BCUT2D eigenvalue weighted by molar-refractivity contribution is 14.0. The minimum atomic E-state index is 0. The number of hydrogen-bond donors (Lipinski definition) is 2. The third-order valence-electron chi connectivity index (χ3n) is 4.59. The number of amides is 1. The normalized spacial score (nSPS) is 20.7. The average Bonchev–Trinajstić information content (AvgIpc) is 2.91. The lowest BCUT2D eigenvalue weighted by Gasteiger charge is -2.29. The van der Waals surface area contributed by atoms with Gasteiger partial charge in [0.1, 0.15) is 5.75 Å². The van der Waals surface area contributed by atoms with Gasteiger partial charge in [0.2, 0.25) is 5.91 Å². The second-order valence-corrected chi connectivity index (χ2v) is 6.35. The Bertz CT molecular complexity index is 619. The van der Waals surface area contributed by atoms with Crippen molar-refractivity contribution in [1.29, 1.82) is 0 Å². The molecule has 1 amide bonds. The van der Waals surface area contributed by atoms with Crippen LogP contribution in [0.15, 0.2) is 29.3 Å². The van der Waals surface area contributed by atoms with Gasteiger partial charge in [-0.25, -0.2) is 0 Å². The second-order valence-electron chi connectivity index (χ2n) is 6.35. The summed E-state index contributed by atoms with van der Waals surface area (Å²) in [7, 11) is 1.63. The van der Waals surface area contributed by atoms with Crippen LogP contribution < -0.4 is 20.3 Å². The Labute approximate surface area is 166 Å². The van der Waals surface area contributed by atoms with Crippen molar-refractivity contribution in [1.82, 2.24) is 10.6 Å². The van der Waals surface area contributed by atoms with E-state index in [9.17, 15) is 4.79 Å². The molecule has 0 bridgehead atoms. The van der Waals surface area contributed by atoms with Gasteiger partial charge in [-0.05, 0) is 38.3 Å². The Morgan fingerprint density at radius 1 is 1.32 bits per heavy atom. The summed E-state index contributed by atoms with van der Waals surface area (Å²) in [5.74, 6) is 1.71. The third kappa shape index (κ3) is 4.99. The van der Waals surface area contributed by atoms with Gasteiger partial charge in [-0.15, -0.1) is 24.0 Å². The molecule has 0 radical (unpaired) electrons. The van der Waals surface area contributed by atoms with Crippen molar-refractivity contribution in [3.8, 4) is 5.75 Å². The van der Waals surface area contributed by atoms with Gasteiger partial charge in [0, 0.05) is 37.3 Å². The van der Waals surface area contributed by atoms with E-state index in [-0.39, 0.29) is 35.9 Å². The van der Waals surface area contributed by atoms with Gasteiger partial charge >= 0.3 is 0 Å². The molecular weight excluding hydrogens is 431 g/mol. The number of nitrogens with one attached hydrogen (secondary N) is 2. The van der Waals surface area contributed by atoms with E-state index < -0.39 is 0 Å². The molecule has 25 heavy (non-hydrogen) atoms. The van der Waals surface area contributed by atoms with Crippen molar-refractivity contribution < 1.29 is 9.53 Å². The van der Waals surface area contributed by atoms with E-state index in [1.54, 1.807) is 7.11 Å². The summed E-state index contributed by atoms with van der Waals surface area (Å²) in [6.45, 7) is 3.38. The smallest absolute Gasteiger partial charge is 0.229 e. The second kappa shape index (κ2) is 9.26. The summed E-state index contributed by atoms with van der Waals surface area (Å²) in [5, 5.41) is 6.88. The zero-order valence-electron chi connectivity index (χ0n) is 14.8. The van der Waals surface area contributed by atoms with Crippen LogP contribution in [0.2, 0.25) is 0 Å². The van der Waals surface area contributed by atoms with E-state index in [2.05, 4.69) is 15.6 Å². The number of rotatable bonds is 5. The van der Waals surface area contributed by atoms with Crippen LogP contribution in [-0.4, -0.2) is 44.1 Å². The van der Waals surface area contributed by atoms with Gasteiger partial charge in [0.25, 0.3) is 0 Å². The molecule has 2 N–H and O–H groups in total. The number of carbonyl (C=O) groups is 1. The van der Waals surface area contributed by atoms with E-state index in [1.807, 2.05) is 36.1 Å². The molecule has 1 aromatic rings. The number of benzene rings is 1. The van der Waals surface area contributed by atoms with Gasteiger partial charge in [-0.1, -0.05) is 6.07 Å². The van der Waals surface area contributed by atoms with E-state index in [0.29, 0.717) is 19.0 Å². The largest absolute Gasteiger partial charge is 0.497 e. The molecule has 2 fully saturated rings.